The maximum Gasteiger partial charge on any atom is 0.125 e. The Balaban J connectivity index is 1.61. The Kier molecular flexibility index (Phi) is 4.10. The van der Waals surface area contributed by atoms with Gasteiger partial charge in [0, 0.05) is 19.1 Å². The fourth-order valence-corrected chi connectivity index (χ4v) is 3.55. The average Bonchev–Trinajstić information content (AvgIpc) is 2.51. The van der Waals surface area contributed by atoms with Crippen LogP contribution in [0, 0.1) is 5.82 Å². The van der Waals surface area contributed by atoms with E-state index < -0.39 is 0 Å². The van der Waals surface area contributed by atoms with Gasteiger partial charge in [-0.25, -0.2) is 4.39 Å². The molecule has 2 aliphatic rings. The van der Waals surface area contributed by atoms with Crippen LogP contribution in [0.15, 0.2) is 18.2 Å². The van der Waals surface area contributed by atoms with E-state index in [4.69, 9.17) is 5.73 Å². The lowest BCUT2D eigenvalue weighted by Crippen LogP contribution is -2.46. The third-order valence-corrected chi connectivity index (χ3v) is 4.70. The standard InChI is InChI=1S/C16H24FN3/c17-13-4-5-15(18)16(12-13)20-10-6-14(7-11-20)19-8-2-1-3-9-19/h4-5,12,14H,1-3,6-11,18H2. The lowest BCUT2D eigenvalue weighted by atomic mass is 9.99. The molecule has 3 rings (SSSR count). The molecule has 110 valence electrons. The third-order valence-electron chi connectivity index (χ3n) is 4.70. The minimum Gasteiger partial charge on any atom is -0.397 e. The summed E-state index contributed by atoms with van der Waals surface area (Å²) in [5, 5.41) is 0. The van der Waals surface area contributed by atoms with Gasteiger partial charge in [0.1, 0.15) is 5.82 Å². The molecule has 0 amide bonds. The van der Waals surface area contributed by atoms with Crippen LogP contribution in [-0.2, 0) is 0 Å². The molecule has 2 aliphatic heterocycles. The average molecular weight is 277 g/mol. The first-order chi connectivity index (χ1) is 9.74. The van der Waals surface area contributed by atoms with Crippen molar-refractivity contribution in [3.63, 3.8) is 0 Å². The zero-order valence-electron chi connectivity index (χ0n) is 12.0. The molecule has 2 fully saturated rings. The summed E-state index contributed by atoms with van der Waals surface area (Å²) in [7, 11) is 0. The quantitative estimate of drug-likeness (QED) is 0.844. The van der Waals surface area contributed by atoms with Crippen molar-refractivity contribution in [2.75, 3.05) is 36.8 Å². The van der Waals surface area contributed by atoms with Crippen molar-refractivity contribution in [2.45, 2.75) is 38.1 Å². The Labute approximate surface area is 120 Å². The van der Waals surface area contributed by atoms with Gasteiger partial charge in [0.25, 0.3) is 0 Å². The second-order valence-electron chi connectivity index (χ2n) is 6.02. The summed E-state index contributed by atoms with van der Waals surface area (Å²) < 4.78 is 13.4. The molecule has 0 spiro atoms. The van der Waals surface area contributed by atoms with Crippen LogP contribution in [-0.4, -0.2) is 37.1 Å². The summed E-state index contributed by atoms with van der Waals surface area (Å²) in [6.45, 7) is 4.48. The molecule has 0 radical (unpaired) electrons. The van der Waals surface area contributed by atoms with Crippen LogP contribution in [0.4, 0.5) is 15.8 Å². The van der Waals surface area contributed by atoms with Crippen LogP contribution in [0.1, 0.15) is 32.1 Å². The maximum absolute atomic E-state index is 13.4. The Morgan fingerprint density at radius 3 is 2.40 bits per heavy atom. The number of anilines is 2. The van der Waals surface area contributed by atoms with E-state index in [-0.39, 0.29) is 5.82 Å². The first kappa shape index (κ1) is 13.7. The van der Waals surface area contributed by atoms with Gasteiger partial charge in [0.15, 0.2) is 0 Å². The number of nitrogen functional groups attached to an aromatic ring is 1. The van der Waals surface area contributed by atoms with Gasteiger partial charge in [-0.05, 0) is 57.0 Å². The highest BCUT2D eigenvalue weighted by molar-refractivity contribution is 5.67. The van der Waals surface area contributed by atoms with Crippen molar-refractivity contribution >= 4 is 11.4 Å². The zero-order valence-corrected chi connectivity index (χ0v) is 12.0. The monoisotopic (exact) mass is 277 g/mol. The van der Waals surface area contributed by atoms with Crippen molar-refractivity contribution in [1.29, 1.82) is 0 Å². The molecule has 2 saturated heterocycles. The van der Waals surface area contributed by atoms with Gasteiger partial charge < -0.3 is 15.5 Å². The Bertz CT molecular complexity index is 449. The summed E-state index contributed by atoms with van der Waals surface area (Å²) >= 11 is 0. The van der Waals surface area contributed by atoms with E-state index in [1.165, 1.54) is 38.4 Å². The topological polar surface area (TPSA) is 32.5 Å². The van der Waals surface area contributed by atoms with E-state index in [2.05, 4.69) is 9.80 Å². The predicted octanol–water partition coefficient (Wildman–Crippen LogP) is 2.86. The summed E-state index contributed by atoms with van der Waals surface area (Å²) in [5.74, 6) is -0.202. The molecule has 3 nitrogen and oxygen atoms in total. The number of hydrogen-bond acceptors (Lipinski definition) is 3. The van der Waals surface area contributed by atoms with E-state index in [0.29, 0.717) is 11.7 Å². The second kappa shape index (κ2) is 6.00. The van der Waals surface area contributed by atoms with Gasteiger partial charge in [0.05, 0.1) is 11.4 Å². The SMILES string of the molecule is Nc1ccc(F)cc1N1CCC(N2CCCCC2)CC1. The van der Waals surface area contributed by atoms with Gasteiger partial charge in [-0.3, -0.25) is 0 Å². The Morgan fingerprint density at radius 2 is 1.70 bits per heavy atom. The number of likely N-dealkylation sites (tertiary alicyclic amines) is 1. The summed E-state index contributed by atoms with van der Waals surface area (Å²) in [4.78, 5) is 4.88. The van der Waals surface area contributed by atoms with E-state index >= 15 is 0 Å². The smallest absolute Gasteiger partial charge is 0.125 e. The van der Waals surface area contributed by atoms with Crippen LogP contribution in [0.5, 0.6) is 0 Å². The number of nitrogens with zero attached hydrogens (tertiary/aromatic N) is 2. The van der Waals surface area contributed by atoms with Crippen LogP contribution < -0.4 is 10.6 Å². The predicted molar refractivity (Wildman–Crippen MR) is 81.5 cm³/mol. The summed E-state index contributed by atoms with van der Waals surface area (Å²) in [6, 6.07) is 5.37. The van der Waals surface area contributed by atoms with Crippen molar-refractivity contribution in [2.24, 2.45) is 0 Å². The first-order valence-corrected chi connectivity index (χ1v) is 7.78. The van der Waals surface area contributed by atoms with Crippen LogP contribution in [0.25, 0.3) is 0 Å². The number of halogens is 1. The van der Waals surface area contributed by atoms with E-state index in [9.17, 15) is 4.39 Å². The molecule has 2 heterocycles. The van der Waals surface area contributed by atoms with E-state index in [1.807, 2.05) is 0 Å². The molecular weight excluding hydrogens is 253 g/mol. The largest absolute Gasteiger partial charge is 0.397 e. The van der Waals surface area contributed by atoms with Crippen LogP contribution in [0.3, 0.4) is 0 Å². The molecule has 0 saturated carbocycles. The molecule has 20 heavy (non-hydrogen) atoms. The second-order valence-corrected chi connectivity index (χ2v) is 6.02. The van der Waals surface area contributed by atoms with Gasteiger partial charge in [-0.2, -0.15) is 0 Å². The minimum atomic E-state index is -0.202. The molecule has 4 heteroatoms. The van der Waals surface area contributed by atoms with Crippen molar-refractivity contribution < 1.29 is 4.39 Å². The Morgan fingerprint density at radius 1 is 1.00 bits per heavy atom. The lowest BCUT2D eigenvalue weighted by molar-refractivity contribution is 0.141. The molecule has 0 unspecified atom stereocenters. The van der Waals surface area contributed by atoms with Gasteiger partial charge in [0.2, 0.25) is 0 Å². The fraction of sp³-hybridized carbons (Fsp3) is 0.625. The fourth-order valence-electron chi connectivity index (χ4n) is 3.55. The zero-order chi connectivity index (χ0) is 13.9. The molecule has 1 aromatic carbocycles. The van der Waals surface area contributed by atoms with Gasteiger partial charge in [-0.15, -0.1) is 0 Å². The molecule has 0 bridgehead atoms. The first-order valence-electron chi connectivity index (χ1n) is 7.78. The number of nitrogens with two attached hydrogens (primary N) is 1. The summed E-state index contributed by atoms with van der Waals surface area (Å²) in [6.07, 6.45) is 6.40. The summed E-state index contributed by atoms with van der Waals surface area (Å²) in [5.41, 5.74) is 7.53. The van der Waals surface area contributed by atoms with Gasteiger partial charge >= 0.3 is 0 Å². The maximum atomic E-state index is 13.4. The van der Waals surface area contributed by atoms with Crippen LogP contribution in [0.2, 0.25) is 0 Å². The van der Waals surface area contributed by atoms with Gasteiger partial charge in [-0.1, -0.05) is 6.42 Å². The van der Waals surface area contributed by atoms with Crippen LogP contribution >= 0.6 is 0 Å². The minimum absolute atomic E-state index is 0.202. The molecule has 0 aromatic heterocycles. The molecule has 0 aliphatic carbocycles. The number of hydrogen-bond donors (Lipinski definition) is 1. The van der Waals surface area contributed by atoms with E-state index in [0.717, 1.165) is 31.6 Å². The van der Waals surface area contributed by atoms with Crippen molar-refractivity contribution in [3.05, 3.63) is 24.0 Å². The molecule has 1 aromatic rings. The highest BCUT2D eigenvalue weighted by atomic mass is 19.1. The van der Waals surface area contributed by atoms with E-state index in [1.54, 1.807) is 12.1 Å². The molecule has 0 atom stereocenters. The molecule has 2 N–H and O–H groups in total. The highest BCUT2D eigenvalue weighted by Crippen LogP contribution is 2.29. The Hall–Kier alpha value is -1.29. The van der Waals surface area contributed by atoms with Crippen molar-refractivity contribution in [3.8, 4) is 0 Å². The third kappa shape index (κ3) is 2.90. The molecular formula is C16H24FN3. The number of rotatable bonds is 2. The van der Waals surface area contributed by atoms with Crippen molar-refractivity contribution in [1.82, 2.24) is 4.90 Å². The lowest BCUT2D eigenvalue weighted by Gasteiger charge is -2.41. The highest BCUT2D eigenvalue weighted by Gasteiger charge is 2.26. The number of benzene rings is 1. The number of piperidine rings is 2. The normalized spacial score (nSPS) is 22.1.